The number of amides is 2. The summed E-state index contributed by atoms with van der Waals surface area (Å²) in [5, 5.41) is 14.4. The van der Waals surface area contributed by atoms with Crippen molar-refractivity contribution in [3.8, 4) is 5.75 Å². The lowest BCUT2D eigenvalue weighted by Gasteiger charge is -2.14. The first kappa shape index (κ1) is 17.8. The maximum Gasteiger partial charge on any atom is 0.319 e. The van der Waals surface area contributed by atoms with Gasteiger partial charge in [-0.25, -0.2) is 4.79 Å². The fraction of sp³-hybridized carbons (Fsp3) is 0.316. The van der Waals surface area contributed by atoms with E-state index in [0.717, 1.165) is 23.4 Å². The van der Waals surface area contributed by atoms with Crippen LogP contribution in [0.2, 0.25) is 0 Å². The molecule has 128 valence electrons. The summed E-state index contributed by atoms with van der Waals surface area (Å²) in [6.07, 6.45) is 1.43. The third-order valence-electron chi connectivity index (χ3n) is 3.53. The van der Waals surface area contributed by atoms with Gasteiger partial charge >= 0.3 is 6.03 Å². The van der Waals surface area contributed by atoms with Gasteiger partial charge in [-0.15, -0.1) is 0 Å². The molecule has 0 heterocycles. The van der Waals surface area contributed by atoms with Crippen molar-refractivity contribution in [2.45, 2.75) is 32.4 Å². The minimum absolute atomic E-state index is 0.0238. The Morgan fingerprint density at radius 2 is 1.83 bits per heavy atom. The van der Waals surface area contributed by atoms with E-state index in [1.807, 2.05) is 61.5 Å². The van der Waals surface area contributed by atoms with E-state index in [9.17, 15) is 4.79 Å². The molecule has 0 bridgehead atoms. The van der Waals surface area contributed by atoms with Crippen LogP contribution >= 0.6 is 0 Å². The highest BCUT2D eigenvalue weighted by molar-refractivity contribution is 5.89. The average molecular weight is 328 g/mol. The van der Waals surface area contributed by atoms with Crippen LogP contribution in [-0.4, -0.2) is 23.8 Å². The Kier molecular flexibility index (Phi) is 7.11. The molecule has 2 amide bonds. The minimum atomic E-state index is -0.242. The SMILES string of the molecule is CC(CCCO)NC(=O)Nc1ccc(COc2ccccc2)cc1. The number of aliphatic hydroxyl groups is 1. The highest BCUT2D eigenvalue weighted by Crippen LogP contribution is 2.14. The number of carbonyl (C=O) groups excluding carboxylic acids is 1. The number of para-hydroxylation sites is 1. The topological polar surface area (TPSA) is 70.6 Å². The molecule has 1 unspecified atom stereocenters. The molecule has 5 heteroatoms. The van der Waals surface area contributed by atoms with Crippen molar-refractivity contribution >= 4 is 11.7 Å². The largest absolute Gasteiger partial charge is 0.489 e. The molecule has 0 aliphatic heterocycles. The van der Waals surface area contributed by atoms with Crippen molar-refractivity contribution in [2.24, 2.45) is 0 Å². The summed E-state index contributed by atoms with van der Waals surface area (Å²) in [7, 11) is 0. The number of hydrogen-bond acceptors (Lipinski definition) is 3. The van der Waals surface area contributed by atoms with E-state index >= 15 is 0 Å². The van der Waals surface area contributed by atoms with E-state index in [0.29, 0.717) is 13.0 Å². The lowest BCUT2D eigenvalue weighted by atomic mass is 10.2. The van der Waals surface area contributed by atoms with Crippen LogP contribution in [0.4, 0.5) is 10.5 Å². The normalized spacial score (nSPS) is 11.6. The second-order valence-corrected chi connectivity index (χ2v) is 5.66. The van der Waals surface area contributed by atoms with E-state index in [1.165, 1.54) is 0 Å². The number of anilines is 1. The first-order valence-corrected chi connectivity index (χ1v) is 8.12. The second kappa shape index (κ2) is 9.57. The molecule has 2 rings (SSSR count). The zero-order valence-electron chi connectivity index (χ0n) is 13.9. The number of hydrogen-bond donors (Lipinski definition) is 3. The highest BCUT2D eigenvalue weighted by Gasteiger charge is 2.07. The molecule has 0 aliphatic carbocycles. The van der Waals surface area contributed by atoms with Gasteiger partial charge in [0, 0.05) is 18.3 Å². The first-order chi connectivity index (χ1) is 11.7. The van der Waals surface area contributed by atoms with Crippen LogP contribution in [0.3, 0.4) is 0 Å². The Morgan fingerprint density at radius 1 is 1.12 bits per heavy atom. The molecule has 0 aromatic heterocycles. The summed E-state index contributed by atoms with van der Waals surface area (Å²) in [4.78, 5) is 11.9. The molecule has 0 saturated heterocycles. The van der Waals surface area contributed by atoms with Crippen molar-refractivity contribution < 1.29 is 14.6 Å². The van der Waals surface area contributed by atoms with Gasteiger partial charge < -0.3 is 20.5 Å². The van der Waals surface area contributed by atoms with E-state index in [2.05, 4.69) is 10.6 Å². The van der Waals surface area contributed by atoms with Gasteiger partial charge in [0.15, 0.2) is 0 Å². The molecular formula is C19H24N2O3. The van der Waals surface area contributed by atoms with E-state index in [1.54, 1.807) is 0 Å². The fourth-order valence-corrected chi connectivity index (χ4v) is 2.23. The predicted octanol–water partition coefficient (Wildman–Crippen LogP) is 3.55. The Morgan fingerprint density at radius 3 is 2.50 bits per heavy atom. The zero-order valence-corrected chi connectivity index (χ0v) is 13.9. The van der Waals surface area contributed by atoms with Crippen molar-refractivity contribution in [2.75, 3.05) is 11.9 Å². The van der Waals surface area contributed by atoms with Gasteiger partial charge in [0.05, 0.1) is 0 Å². The van der Waals surface area contributed by atoms with Gasteiger partial charge in [-0.05, 0) is 49.6 Å². The molecule has 24 heavy (non-hydrogen) atoms. The Bertz CT molecular complexity index is 614. The summed E-state index contributed by atoms with van der Waals surface area (Å²) >= 11 is 0. The van der Waals surface area contributed by atoms with Gasteiger partial charge in [-0.1, -0.05) is 30.3 Å². The van der Waals surface area contributed by atoms with Gasteiger partial charge in [-0.2, -0.15) is 0 Å². The van der Waals surface area contributed by atoms with Gasteiger partial charge in [0.2, 0.25) is 0 Å². The summed E-state index contributed by atoms with van der Waals surface area (Å²) in [5.74, 6) is 0.830. The Labute approximate surface area is 142 Å². The van der Waals surface area contributed by atoms with Crippen LogP contribution in [0.5, 0.6) is 5.75 Å². The van der Waals surface area contributed by atoms with Crippen molar-refractivity contribution in [1.82, 2.24) is 5.32 Å². The molecule has 5 nitrogen and oxygen atoms in total. The number of ether oxygens (including phenoxy) is 1. The minimum Gasteiger partial charge on any atom is -0.489 e. The summed E-state index contributed by atoms with van der Waals surface area (Å²) in [6.45, 7) is 2.54. The summed E-state index contributed by atoms with van der Waals surface area (Å²) in [5.41, 5.74) is 1.76. The first-order valence-electron chi connectivity index (χ1n) is 8.12. The Balaban J connectivity index is 1.78. The van der Waals surface area contributed by atoms with Crippen molar-refractivity contribution in [1.29, 1.82) is 0 Å². The second-order valence-electron chi connectivity index (χ2n) is 5.66. The molecule has 2 aromatic carbocycles. The lowest BCUT2D eigenvalue weighted by molar-refractivity contribution is 0.245. The third kappa shape index (κ3) is 6.30. The number of benzene rings is 2. The van der Waals surface area contributed by atoms with Gasteiger partial charge in [0.1, 0.15) is 12.4 Å². The van der Waals surface area contributed by atoms with Crippen LogP contribution < -0.4 is 15.4 Å². The van der Waals surface area contributed by atoms with E-state index in [-0.39, 0.29) is 18.7 Å². The smallest absolute Gasteiger partial charge is 0.319 e. The number of carbonyl (C=O) groups is 1. The number of aliphatic hydroxyl groups excluding tert-OH is 1. The molecule has 3 N–H and O–H groups in total. The maximum absolute atomic E-state index is 11.9. The zero-order chi connectivity index (χ0) is 17.2. The van der Waals surface area contributed by atoms with E-state index < -0.39 is 0 Å². The van der Waals surface area contributed by atoms with Crippen molar-refractivity contribution in [3.63, 3.8) is 0 Å². The summed E-state index contributed by atoms with van der Waals surface area (Å²) in [6, 6.07) is 17.0. The molecule has 0 saturated carbocycles. The van der Waals surface area contributed by atoms with Crippen molar-refractivity contribution in [3.05, 3.63) is 60.2 Å². The number of urea groups is 1. The highest BCUT2D eigenvalue weighted by atomic mass is 16.5. The van der Waals surface area contributed by atoms with Crippen LogP contribution in [0, 0.1) is 0 Å². The quantitative estimate of drug-likeness (QED) is 0.694. The average Bonchev–Trinajstić information content (AvgIpc) is 2.60. The van der Waals surface area contributed by atoms with Gasteiger partial charge in [0.25, 0.3) is 0 Å². The van der Waals surface area contributed by atoms with Crippen LogP contribution in [0.25, 0.3) is 0 Å². The molecule has 2 aromatic rings. The molecule has 0 aliphatic rings. The fourth-order valence-electron chi connectivity index (χ4n) is 2.23. The molecular weight excluding hydrogens is 304 g/mol. The molecule has 1 atom stereocenters. The summed E-state index contributed by atoms with van der Waals surface area (Å²) < 4.78 is 5.68. The number of nitrogens with one attached hydrogen (secondary N) is 2. The standard InChI is InChI=1S/C19H24N2O3/c1-15(6-5-13-22)20-19(23)21-17-11-9-16(10-12-17)14-24-18-7-3-2-4-8-18/h2-4,7-12,15,22H,5-6,13-14H2,1H3,(H2,20,21,23). The Hall–Kier alpha value is -2.53. The molecule has 0 fully saturated rings. The maximum atomic E-state index is 11.9. The van der Waals surface area contributed by atoms with Crippen LogP contribution in [0.1, 0.15) is 25.3 Å². The van der Waals surface area contributed by atoms with Gasteiger partial charge in [-0.3, -0.25) is 0 Å². The third-order valence-corrected chi connectivity index (χ3v) is 3.53. The van der Waals surface area contributed by atoms with E-state index in [4.69, 9.17) is 9.84 Å². The monoisotopic (exact) mass is 328 g/mol. The molecule has 0 spiro atoms. The predicted molar refractivity (Wildman–Crippen MR) is 95.2 cm³/mol. The molecule has 0 radical (unpaired) electrons. The number of rotatable bonds is 8. The lowest BCUT2D eigenvalue weighted by Crippen LogP contribution is -2.36. The van der Waals surface area contributed by atoms with Crippen LogP contribution in [-0.2, 0) is 6.61 Å². The van der Waals surface area contributed by atoms with Crippen LogP contribution in [0.15, 0.2) is 54.6 Å².